The number of fused-ring (bicyclic) bond motifs is 1. The third kappa shape index (κ3) is 4.02. The molecule has 1 fully saturated rings. The number of nitrogens with one attached hydrogen (secondary N) is 1. The number of hydrogen-bond acceptors (Lipinski definition) is 7. The summed E-state index contributed by atoms with van der Waals surface area (Å²) in [7, 11) is 3.16. The molecule has 0 radical (unpaired) electrons. The number of carbonyl (C=O) groups excluding carboxylic acids is 1. The second kappa shape index (κ2) is 8.45. The Labute approximate surface area is 181 Å². The Balaban J connectivity index is 1.55. The second-order valence-electron chi connectivity index (χ2n) is 7.90. The summed E-state index contributed by atoms with van der Waals surface area (Å²) in [5.74, 6) is 3.39. The van der Waals surface area contributed by atoms with Crippen molar-refractivity contribution in [3.63, 3.8) is 0 Å². The Kier molecular flexibility index (Phi) is 5.71. The summed E-state index contributed by atoms with van der Waals surface area (Å²) in [6, 6.07) is 5.37. The van der Waals surface area contributed by atoms with E-state index in [-0.39, 0.29) is 11.8 Å². The van der Waals surface area contributed by atoms with Crippen LogP contribution in [0.5, 0.6) is 11.5 Å². The van der Waals surface area contributed by atoms with Crippen LogP contribution in [-0.4, -0.2) is 43.2 Å². The summed E-state index contributed by atoms with van der Waals surface area (Å²) in [4.78, 5) is 24.4. The highest BCUT2D eigenvalue weighted by Crippen LogP contribution is 2.34. The molecular formula is C23H28N4O4. The number of carbonyl (C=O) groups is 1. The zero-order chi connectivity index (χ0) is 22.1. The molecule has 1 N–H and O–H groups in total. The second-order valence-corrected chi connectivity index (χ2v) is 7.90. The largest absolute Gasteiger partial charge is 0.493 e. The van der Waals surface area contributed by atoms with Gasteiger partial charge in [0.2, 0.25) is 11.6 Å². The minimum Gasteiger partial charge on any atom is -0.493 e. The van der Waals surface area contributed by atoms with E-state index in [1.807, 2.05) is 26.8 Å². The first kappa shape index (κ1) is 21.0. The number of rotatable bonds is 5. The fraction of sp³-hybridized carbons (Fsp3) is 0.435. The van der Waals surface area contributed by atoms with E-state index in [4.69, 9.17) is 18.9 Å². The average molecular weight is 425 g/mol. The molecule has 8 heteroatoms. The normalized spacial score (nSPS) is 16.4. The molecule has 1 amide bonds. The van der Waals surface area contributed by atoms with Crippen LogP contribution in [0.4, 0.5) is 11.5 Å². The highest BCUT2D eigenvalue weighted by molar-refractivity contribution is 5.94. The van der Waals surface area contributed by atoms with Crippen LogP contribution in [0, 0.1) is 26.7 Å². The van der Waals surface area contributed by atoms with E-state index >= 15 is 0 Å². The molecule has 1 atom stereocenters. The molecule has 1 aliphatic heterocycles. The third-order valence-corrected chi connectivity index (χ3v) is 5.86. The molecule has 8 nitrogen and oxygen atoms in total. The van der Waals surface area contributed by atoms with Gasteiger partial charge in [0.15, 0.2) is 11.5 Å². The molecule has 1 aromatic carbocycles. The highest BCUT2D eigenvalue weighted by atomic mass is 16.5. The predicted octanol–water partition coefficient (Wildman–Crippen LogP) is 4.02. The first-order valence-electron chi connectivity index (χ1n) is 10.4. The van der Waals surface area contributed by atoms with Gasteiger partial charge in [0, 0.05) is 30.4 Å². The summed E-state index contributed by atoms with van der Waals surface area (Å²) in [6.07, 6.45) is 1.73. The number of aryl methyl sites for hydroxylation is 3. The first-order chi connectivity index (χ1) is 14.9. The van der Waals surface area contributed by atoms with Crippen LogP contribution in [0.3, 0.4) is 0 Å². The van der Waals surface area contributed by atoms with Crippen molar-refractivity contribution in [1.82, 2.24) is 9.97 Å². The van der Waals surface area contributed by atoms with Crippen molar-refractivity contribution in [3.8, 4) is 11.5 Å². The third-order valence-electron chi connectivity index (χ3n) is 5.86. The Morgan fingerprint density at radius 1 is 1.16 bits per heavy atom. The molecule has 2 aromatic heterocycles. The smallest absolute Gasteiger partial charge is 0.231 e. The summed E-state index contributed by atoms with van der Waals surface area (Å²) < 4.78 is 16.4. The predicted molar refractivity (Wildman–Crippen MR) is 119 cm³/mol. The van der Waals surface area contributed by atoms with Crippen molar-refractivity contribution in [1.29, 1.82) is 0 Å². The van der Waals surface area contributed by atoms with Gasteiger partial charge in [0.05, 0.1) is 25.5 Å². The number of nitrogens with zero attached hydrogens (tertiary/aromatic N) is 3. The van der Waals surface area contributed by atoms with Gasteiger partial charge in [-0.1, -0.05) is 0 Å². The van der Waals surface area contributed by atoms with E-state index in [0.29, 0.717) is 35.3 Å². The molecule has 0 bridgehead atoms. The Hall–Kier alpha value is -3.29. The van der Waals surface area contributed by atoms with Crippen molar-refractivity contribution in [3.05, 3.63) is 35.3 Å². The van der Waals surface area contributed by atoms with Crippen molar-refractivity contribution in [2.75, 3.05) is 37.5 Å². The molecule has 31 heavy (non-hydrogen) atoms. The van der Waals surface area contributed by atoms with Crippen molar-refractivity contribution < 1.29 is 18.7 Å². The lowest BCUT2D eigenvalue weighted by molar-refractivity contribution is -0.120. The van der Waals surface area contributed by atoms with Crippen LogP contribution >= 0.6 is 0 Å². The SMILES string of the molecule is COc1ccc(NC(=O)C2CCCN(c3nc(C)nc4oc(C)c(C)c34)C2)cc1OC. The highest BCUT2D eigenvalue weighted by Gasteiger charge is 2.29. The van der Waals surface area contributed by atoms with Crippen LogP contribution in [-0.2, 0) is 4.79 Å². The lowest BCUT2D eigenvalue weighted by Gasteiger charge is -2.33. The van der Waals surface area contributed by atoms with Gasteiger partial charge in [0.25, 0.3) is 0 Å². The van der Waals surface area contributed by atoms with E-state index in [2.05, 4.69) is 15.2 Å². The minimum absolute atomic E-state index is 0.0148. The number of aromatic nitrogens is 2. The van der Waals surface area contributed by atoms with Crippen molar-refractivity contribution in [2.24, 2.45) is 5.92 Å². The zero-order valence-corrected chi connectivity index (χ0v) is 18.6. The van der Waals surface area contributed by atoms with Crippen LogP contribution in [0.1, 0.15) is 30.0 Å². The number of methoxy groups -OCH3 is 2. The standard InChI is InChI=1S/C23H28N4O4/c1-13-14(2)31-23-20(13)21(24-15(3)25-23)27-10-6-7-16(12-27)22(28)26-17-8-9-18(29-4)19(11-17)30-5/h8-9,11,16H,6-7,10,12H2,1-5H3,(H,26,28). The lowest BCUT2D eigenvalue weighted by Crippen LogP contribution is -2.41. The van der Waals surface area contributed by atoms with Crippen LogP contribution in [0.25, 0.3) is 11.1 Å². The van der Waals surface area contributed by atoms with Gasteiger partial charge in [-0.15, -0.1) is 0 Å². The van der Waals surface area contributed by atoms with E-state index in [0.717, 1.165) is 41.9 Å². The molecule has 3 heterocycles. The fourth-order valence-electron chi connectivity index (χ4n) is 4.10. The summed E-state index contributed by atoms with van der Waals surface area (Å²) in [5.41, 5.74) is 2.33. The number of ether oxygens (including phenoxy) is 2. The summed E-state index contributed by atoms with van der Waals surface area (Å²) in [5, 5.41) is 3.96. The van der Waals surface area contributed by atoms with Crippen LogP contribution in [0.2, 0.25) is 0 Å². The molecule has 164 valence electrons. The maximum atomic E-state index is 13.0. The summed E-state index contributed by atoms with van der Waals surface area (Å²) in [6.45, 7) is 7.26. The van der Waals surface area contributed by atoms with E-state index in [1.54, 1.807) is 26.4 Å². The molecule has 0 aliphatic carbocycles. The molecule has 1 saturated heterocycles. The van der Waals surface area contributed by atoms with Gasteiger partial charge >= 0.3 is 0 Å². The monoisotopic (exact) mass is 424 g/mol. The Morgan fingerprint density at radius 3 is 2.68 bits per heavy atom. The van der Waals surface area contributed by atoms with Crippen LogP contribution in [0.15, 0.2) is 22.6 Å². The van der Waals surface area contributed by atoms with Gasteiger partial charge in [0.1, 0.15) is 17.4 Å². The molecule has 0 saturated carbocycles. The maximum absolute atomic E-state index is 13.0. The van der Waals surface area contributed by atoms with Crippen molar-refractivity contribution in [2.45, 2.75) is 33.6 Å². The van der Waals surface area contributed by atoms with Gasteiger partial charge in [-0.05, 0) is 45.7 Å². The average Bonchev–Trinajstić information content (AvgIpc) is 3.06. The van der Waals surface area contributed by atoms with Crippen LogP contribution < -0.4 is 19.7 Å². The van der Waals surface area contributed by atoms with Gasteiger partial charge < -0.3 is 24.1 Å². The summed E-state index contributed by atoms with van der Waals surface area (Å²) >= 11 is 0. The number of benzene rings is 1. The maximum Gasteiger partial charge on any atom is 0.231 e. The van der Waals surface area contributed by atoms with Gasteiger partial charge in [-0.2, -0.15) is 4.98 Å². The topological polar surface area (TPSA) is 89.7 Å². The van der Waals surface area contributed by atoms with Gasteiger partial charge in [-0.25, -0.2) is 4.98 Å². The number of hydrogen-bond donors (Lipinski definition) is 1. The number of anilines is 2. The van der Waals surface area contributed by atoms with Crippen molar-refractivity contribution >= 4 is 28.5 Å². The number of piperidine rings is 1. The number of amides is 1. The molecule has 0 spiro atoms. The fourth-order valence-corrected chi connectivity index (χ4v) is 4.10. The Morgan fingerprint density at radius 2 is 1.94 bits per heavy atom. The minimum atomic E-state index is -0.152. The Bertz CT molecular complexity index is 1120. The van der Waals surface area contributed by atoms with E-state index in [1.165, 1.54) is 0 Å². The molecular weight excluding hydrogens is 396 g/mol. The lowest BCUT2D eigenvalue weighted by atomic mass is 9.96. The van der Waals surface area contributed by atoms with E-state index < -0.39 is 0 Å². The van der Waals surface area contributed by atoms with E-state index in [9.17, 15) is 4.79 Å². The molecule has 1 unspecified atom stereocenters. The zero-order valence-electron chi connectivity index (χ0n) is 18.6. The van der Waals surface area contributed by atoms with Gasteiger partial charge in [-0.3, -0.25) is 4.79 Å². The quantitative estimate of drug-likeness (QED) is 0.662. The molecule has 1 aliphatic rings. The number of furan rings is 1. The first-order valence-corrected chi connectivity index (χ1v) is 10.4. The molecule has 3 aromatic rings. The molecule has 4 rings (SSSR count).